The number of rotatable bonds is 8. The molecule has 1 aromatic rings. The first kappa shape index (κ1) is 15.6. The fourth-order valence-electron chi connectivity index (χ4n) is 1.53. The maximum Gasteiger partial charge on any atom is 0.224 e. The Hall–Kier alpha value is -1.43. The Morgan fingerprint density at radius 2 is 2.11 bits per heavy atom. The van der Waals surface area contributed by atoms with Gasteiger partial charge in [-0.25, -0.2) is 9.37 Å². The average molecular weight is 269 g/mol. The van der Waals surface area contributed by atoms with Crippen LogP contribution in [0.4, 0.5) is 16.2 Å². The van der Waals surface area contributed by atoms with Crippen molar-refractivity contribution in [3.05, 3.63) is 12.0 Å². The largest absolute Gasteiger partial charge is 0.367 e. The second-order valence-corrected chi connectivity index (χ2v) is 4.78. The lowest BCUT2D eigenvalue weighted by molar-refractivity contribution is 0.273. The molecule has 2 N–H and O–H groups in total. The Kier molecular flexibility index (Phi) is 6.49. The molecule has 0 saturated carbocycles. The summed E-state index contributed by atoms with van der Waals surface area (Å²) >= 11 is 0. The van der Waals surface area contributed by atoms with E-state index in [1.54, 1.807) is 0 Å². The monoisotopic (exact) mass is 269 g/mol. The van der Waals surface area contributed by atoms with E-state index in [0.717, 1.165) is 13.0 Å². The van der Waals surface area contributed by atoms with Gasteiger partial charge in [0.1, 0.15) is 0 Å². The zero-order valence-corrected chi connectivity index (χ0v) is 12.2. The molecule has 0 saturated heterocycles. The quantitative estimate of drug-likeness (QED) is 0.709. The molecule has 0 aliphatic heterocycles. The van der Waals surface area contributed by atoms with Crippen LogP contribution in [0.15, 0.2) is 6.20 Å². The van der Waals surface area contributed by atoms with E-state index >= 15 is 0 Å². The Labute approximate surface area is 114 Å². The number of aromatic nitrogens is 2. The number of hydrogen-bond acceptors (Lipinski definition) is 5. The molecule has 0 aliphatic carbocycles. The van der Waals surface area contributed by atoms with Gasteiger partial charge in [0.15, 0.2) is 11.6 Å². The van der Waals surface area contributed by atoms with Crippen LogP contribution in [-0.4, -0.2) is 47.6 Å². The Morgan fingerprint density at radius 1 is 1.37 bits per heavy atom. The molecule has 0 atom stereocenters. The van der Waals surface area contributed by atoms with Gasteiger partial charge in [-0.1, -0.05) is 0 Å². The second kappa shape index (κ2) is 7.89. The normalized spacial score (nSPS) is 11.1. The van der Waals surface area contributed by atoms with Gasteiger partial charge >= 0.3 is 0 Å². The highest BCUT2D eigenvalue weighted by atomic mass is 19.1. The van der Waals surface area contributed by atoms with Crippen molar-refractivity contribution < 1.29 is 4.39 Å². The van der Waals surface area contributed by atoms with E-state index < -0.39 is 5.82 Å². The summed E-state index contributed by atoms with van der Waals surface area (Å²) in [6, 6.07) is 0.524. The van der Waals surface area contributed by atoms with Crippen molar-refractivity contribution in [3.63, 3.8) is 0 Å². The number of nitrogens with zero attached hydrogens (tertiary/aromatic N) is 3. The zero-order valence-electron chi connectivity index (χ0n) is 12.2. The van der Waals surface area contributed by atoms with Crippen LogP contribution in [0.5, 0.6) is 0 Å². The van der Waals surface area contributed by atoms with Crippen LogP contribution in [-0.2, 0) is 0 Å². The minimum atomic E-state index is -0.418. The first-order valence-corrected chi connectivity index (χ1v) is 6.75. The minimum Gasteiger partial charge on any atom is -0.367 e. The Morgan fingerprint density at radius 3 is 2.74 bits per heavy atom. The summed E-state index contributed by atoms with van der Waals surface area (Å²) in [5, 5.41) is 5.97. The van der Waals surface area contributed by atoms with E-state index in [1.165, 1.54) is 6.20 Å². The third-order valence-corrected chi connectivity index (χ3v) is 2.94. The highest BCUT2D eigenvalue weighted by Gasteiger charge is 2.06. The first-order valence-electron chi connectivity index (χ1n) is 6.75. The molecular weight excluding hydrogens is 245 g/mol. The number of anilines is 2. The zero-order chi connectivity index (χ0) is 14.3. The molecule has 1 aromatic heterocycles. The van der Waals surface area contributed by atoms with Gasteiger partial charge in [-0.15, -0.1) is 0 Å². The molecule has 0 aromatic carbocycles. The lowest BCUT2D eigenvalue weighted by Crippen LogP contribution is -2.28. The highest BCUT2D eigenvalue weighted by Crippen LogP contribution is 2.11. The standard InChI is InChI=1S/C13H24FN5/c1-5-15-13-17-9-11(14)12(18-13)16-7-6-8-19(4)10(2)3/h9-10H,5-8H2,1-4H3,(H2,15,16,17,18). The number of nitrogens with one attached hydrogen (secondary N) is 2. The first-order chi connectivity index (χ1) is 9.04. The van der Waals surface area contributed by atoms with Crippen molar-refractivity contribution in [3.8, 4) is 0 Å². The van der Waals surface area contributed by atoms with Gasteiger partial charge in [-0.3, -0.25) is 0 Å². The fraction of sp³-hybridized carbons (Fsp3) is 0.692. The van der Waals surface area contributed by atoms with Crippen LogP contribution < -0.4 is 10.6 Å². The second-order valence-electron chi connectivity index (χ2n) is 4.78. The van der Waals surface area contributed by atoms with E-state index in [9.17, 15) is 4.39 Å². The van der Waals surface area contributed by atoms with Crippen molar-refractivity contribution in [1.82, 2.24) is 14.9 Å². The van der Waals surface area contributed by atoms with Crippen LogP contribution in [0.25, 0.3) is 0 Å². The molecule has 0 radical (unpaired) electrons. The molecule has 1 rings (SSSR count). The van der Waals surface area contributed by atoms with Crippen LogP contribution in [0, 0.1) is 5.82 Å². The lowest BCUT2D eigenvalue weighted by atomic mass is 10.3. The predicted octanol–water partition coefficient (Wildman–Crippen LogP) is 2.19. The number of halogens is 1. The topological polar surface area (TPSA) is 53.1 Å². The Bertz CT molecular complexity index is 383. The molecule has 0 aliphatic rings. The molecular formula is C13H24FN5. The Balaban J connectivity index is 2.42. The molecule has 5 nitrogen and oxygen atoms in total. The highest BCUT2D eigenvalue weighted by molar-refractivity contribution is 5.40. The molecule has 108 valence electrons. The summed E-state index contributed by atoms with van der Waals surface area (Å²) in [4.78, 5) is 10.2. The molecule has 0 spiro atoms. The number of hydrogen-bond donors (Lipinski definition) is 2. The third-order valence-electron chi connectivity index (χ3n) is 2.94. The molecule has 0 fully saturated rings. The van der Waals surface area contributed by atoms with Crippen LogP contribution in [0.2, 0.25) is 0 Å². The summed E-state index contributed by atoms with van der Waals surface area (Å²) in [5.74, 6) is 0.294. The van der Waals surface area contributed by atoms with Crippen molar-refractivity contribution in [2.75, 3.05) is 37.3 Å². The minimum absolute atomic E-state index is 0.262. The van der Waals surface area contributed by atoms with Crippen LogP contribution in [0.3, 0.4) is 0 Å². The van der Waals surface area contributed by atoms with Crippen molar-refractivity contribution in [1.29, 1.82) is 0 Å². The summed E-state index contributed by atoms with van der Waals surface area (Å²) < 4.78 is 13.5. The van der Waals surface area contributed by atoms with Crippen LogP contribution in [0.1, 0.15) is 27.2 Å². The SMILES string of the molecule is CCNc1ncc(F)c(NCCCN(C)C(C)C)n1. The van der Waals surface area contributed by atoms with E-state index in [4.69, 9.17) is 0 Å². The molecule has 6 heteroatoms. The van der Waals surface area contributed by atoms with Gasteiger partial charge in [-0.05, 0) is 40.8 Å². The summed E-state index contributed by atoms with van der Waals surface area (Å²) in [5.41, 5.74) is 0. The molecule has 19 heavy (non-hydrogen) atoms. The van der Waals surface area contributed by atoms with E-state index in [-0.39, 0.29) is 5.82 Å². The summed E-state index contributed by atoms with van der Waals surface area (Å²) in [7, 11) is 2.08. The predicted molar refractivity (Wildman–Crippen MR) is 77.0 cm³/mol. The molecule has 1 heterocycles. The lowest BCUT2D eigenvalue weighted by Gasteiger charge is -2.20. The van der Waals surface area contributed by atoms with Gasteiger partial charge in [0, 0.05) is 19.1 Å². The molecule has 0 amide bonds. The smallest absolute Gasteiger partial charge is 0.224 e. The van der Waals surface area contributed by atoms with Gasteiger partial charge in [0.2, 0.25) is 5.95 Å². The molecule has 0 unspecified atom stereocenters. The third kappa shape index (κ3) is 5.38. The molecule has 0 bridgehead atoms. The summed E-state index contributed by atoms with van der Waals surface area (Å²) in [6.45, 7) is 8.63. The summed E-state index contributed by atoms with van der Waals surface area (Å²) in [6.07, 6.45) is 2.13. The van der Waals surface area contributed by atoms with Gasteiger partial charge in [0.05, 0.1) is 6.20 Å². The van der Waals surface area contributed by atoms with Crippen molar-refractivity contribution in [2.24, 2.45) is 0 Å². The van der Waals surface area contributed by atoms with E-state index in [1.807, 2.05) is 6.92 Å². The maximum absolute atomic E-state index is 13.5. The van der Waals surface area contributed by atoms with E-state index in [0.29, 0.717) is 25.1 Å². The average Bonchev–Trinajstić information content (AvgIpc) is 2.38. The van der Waals surface area contributed by atoms with Crippen LogP contribution >= 0.6 is 0 Å². The fourth-order valence-corrected chi connectivity index (χ4v) is 1.53. The van der Waals surface area contributed by atoms with E-state index in [2.05, 4.69) is 46.4 Å². The van der Waals surface area contributed by atoms with Crippen molar-refractivity contribution in [2.45, 2.75) is 33.2 Å². The maximum atomic E-state index is 13.5. The van der Waals surface area contributed by atoms with Gasteiger partial charge < -0.3 is 15.5 Å². The van der Waals surface area contributed by atoms with Gasteiger partial charge in [0.25, 0.3) is 0 Å². The van der Waals surface area contributed by atoms with Crippen molar-refractivity contribution >= 4 is 11.8 Å². The van der Waals surface area contributed by atoms with Gasteiger partial charge in [-0.2, -0.15) is 4.98 Å².